The van der Waals surface area contributed by atoms with E-state index < -0.39 is 0 Å². The molecule has 1 saturated carbocycles. The predicted octanol–water partition coefficient (Wildman–Crippen LogP) is 0.893. The number of fused-ring (bicyclic) bond motifs is 2. The van der Waals surface area contributed by atoms with E-state index in [9.17, 15) is 4.79 Å². The number of hydrogen-bond acceptors (Lipinski definition) is 2. The van der Waals surface area contributed by atoms with E-state index in [2.05, 4.69) is 10.2 Å². The smallest absolute Gasteiger partial charge is 0.242 e. The number of rotatable bonds is 1. The molecule has 1 amide bonds. The van der Waals surface area contributed by atoms with Crippen LogP contribution in [0.1, 0.15) is 38.5 Å². The molecule has 2 bridgehead atoms. The van der Waals surface area contributed by atoms with Crippen LogP contribution in [-0.2, 0) is 4.79 Å². The first-order valence-corrected chi connectivity index (χ1v) is 5.87. The van der Waals surface area contributed by atoms with Gasteiger partial charge in [-0.05, 0) is 38.5 Å². The van der Waals surface area contributed by atoms with Gasteiger partial charge in [0.2, 0.25) is 5.91 Å². The highest BCUT2D eigenvalue weighted by atomic mass is 16.2. The lowest BCUT2D eigenvalue weighted by Gasteiger charge is -2.53. The van der Waals surface area contributed by atoms with Crippen LogP contribution in [0.25, 0.3) is 0 Å². The number of carbonyl (C=O) groups is 1. The van der Waals surface area contributed by atoms with Gasteiger partial charge < -0.3 is 10.2 Å². The second-order valence-corrected chi connectivity index (χ2v) is 5.02. The summed E-state index contributed by atoms with van der Waals surface area (Å²) in [5, 5.41) is 3.48. The van der Waals surface area contributed by atoms with Crippen molar-refractivity contribution in [2.24, 2.45) is 0 Å². The molecule has 0 aromatic rings. The van der Waals surface area contributed by atoms with Crippen LogP contribution >= 0.6 is 0 Å². The summed E-state index contributed by atoms with van der Waals surface area (Å²) in [5.41, 5.74) is -0.118. The summed E-state index contributed by atoms with van der Waals surface area (Å²) in [6.07, 6.45) is 7.07. The topological polar surface area (TPSA) is 32.3 Å². The molecule has 0 aromatic heterocycles. The SMILES string of the molecule is O=C(N1CCCC1)C12CCCC(C1)N2. The molecule has 78 valence electrons. The summed E-state index contributed by atoms with van der Waals surface area (Å²) in [6.45, 7) is 1.99. The van der Waals surface area contributed by atoms with Gasteiger partial charge in [-0.2, -0.15) is 0 Å². The van der Waals surface area contributed by atoms with Gasteiger partial charge in [-0.15, -0.1) is 0 Å². The number of piperidine rings is 1. The van der Waals surface area contributed by atoms with E-state index in [0.717, 1.165) is 25.9 Å². The van der Waals surface area contributed by atoms with Crippen LogP contribution in [0.4, 0.5) is 0 Å². The molecule has 0 radical (unpaired) electrons. The van der Waals surface area contributed by atoms with Gasteiger partial charge in [0.05, 0.1) is 5.54 Å². The second kappa shape index (κ2) is 2.96. The van der Waals surface area contributed by atoms with E-state index in [4.69, 9.17) is 0 Å². The Bertz CT molecular complexity index is 247. The van der Waals surface area contributed by atoms with Crippen molar-refractivity contribution in [3.8, 4) is 0 Å². The molecule has 3 nitrogen and oxygen atoms in total. The molecule has 3 heteroatoms. The van der Waals surface area contributed by atoms with E-state index in [1.165, 1.54) is 25.7 Å². The number of likely N-dealkylation sites (tertiary alicyclic amines) is 1. The normalized spacial score (nSPS) is 40.9. The van der Waals surface area contributed by atoms with Crippen LogP contribution in [0.2, 0.25) is 0 Å². The Morgan fingerprint density at radius 3 is 2.57 bits per heavy atom. The zero-order valence-corrected chi connectivity index (χ0v) is 8.59. The lowest BCUT2D eigenvalue weighted by Crippen LogP contribution is -2.72. The summed E-state index contributed by atoms with van der Waals surface area (Å²) < 4.78 is 0. The van der Waals surface area contributed by atoms with Gasteiger partial charge in [0, 0.05) is 19.1 Å². The fourth-order valence-electron chi connectivity index (χ4n) is 3.27. The molecule has 2 atom stereocenters. The highest BCUT2D eigenvalue weighted by Crippen LogP contribution is 2.39. The van der Waals surface area contributed by atoms with E-state index in [-0.39, 0.29) is 5.54 Å². The predicted molar refractivity (Wildman–Crippen MR) is 53.9 cm³/mol. The Labute approximate surface area is 84.8 Å². The summed E-state index contributed by atoms with van der Waals surface area (Å²) in [6, 6.07) is 0.648. The zero-order valence-electron chi connectivity index (χ0n) is 8.59. The van der Waals surface area contributed by atoms with Gasteiger partial charge >= 0.3 is 0 Å². The molecule has 4 fully saturated rings. The molecule has 1 aliphatic carbocycles. The number of nitrogens with one attached hydrogen (secondary N) is 1. The Hall–Kier alpha value is -0.570. The van der Waals surface area contributed by atoms with Crippen LogP contribution in [-0.4, -0.2) is 35.5 Å². The Morgan fingerprint density at radius 1 is 1.29 bits per heavy atom. The van der Waals surface area contributed by atoms with Gasteiger partial charge in [-0.3, -0.25) is 4.79 Å². The number of hydrogen-bond donors (Lipinski definition) is 1. The maximum absolute atomic E-state index is 12.2. The molecule has 3 heterocycles. The summed E-state index contributed by atoms with van der Waals surface area (Å²) in [5.74, 6) is 0.394. The fraction of sp³-hybridized carbons (Fsp3) is 0.909. The number of carbonyl (C=O) groups excluding carboxylic acids is 1. The van der Waals surface area contributed by atoms with Crippen LogP contribution in [0.15, 0.2) is 0 Å². The average Bonchev–Trinajstić information content (AvgIpc) is 2.69. The van der Waals surface area contributed by atoms with Crippen molar-refractivity contribution in [2.75, 3.05) is 13.1 Å². The summed E-state index contributed by atoms with van der Waals surface area (Å²) in [7, 11) is 0. The molecule has 3 aliphatic heterocycles. The standard InChI is InChI=1S/C11H18N2O/c14-10(13-6-1-2-7-13)11-5-3-4-9(8-11)12-11/h9,12H,1-8H2. The van der Waals surface area contributed by atoms with Crippen molar-refractivity contribution in [3.05, 3.63) is 0 Å². The fourth-order valence-corrected chi connectivity index (χ4v) is 3.27. The van der Waals surface area contributed by atoms with Gasteiger partial charge in [-0.25, -0.2) is 0 Å². The molecule has 2 unspecified atom stereocenters. The minimum absolute atomic E-state index is 0.118. The molecule has 4 rings (SSSR count). The first-order valence-electron chi connectivity index (χ1n) is 5.87. The van der Waals surface area contributed by atoms with Crippen LogP contribution in [0, 0.1) is 0 Å². The van der Waals surface area contributed by atoms with Crippen molar-refractivity contribution in [1.82, 2.24) is 10.2 Å². The average molecular weight is 194 g/mol. The van der Waals surface area contributed by atoms with Crippen molar-refractivity contribution in [3.63, 3.8) is 0 Å². The third-order valence-corrected chi connectivity index (χ3v) is 4.03. The van der Waals surface area contributed by atoms with Crippen molar-refractivity contribution in [1.29, 1.82) is 0 Å². The molecule has 1 N–H and O–H groups in total. The van der Waals surface area contributed by atoms with Gasteiger partial charge in [0.15, 0.2) is 0 Å². The summed E-state index contributed by atoms with van der Waals surface area (Å²) in [4.78, 5) is 14.3. The zero-order chi connectivity index (χ0) is 9.60. The largest absolute Gasteiger partial charge is 0.341 e. The Balaban J connectivity index is 1.72. The monoisotopic (exact) mass is 194 g/mol. The van der Waals surface area contributed by atoms with Crippen molar-refractivity contribution < 1.29 is 4.79 Å². The molecular weight excluding hydrogens is 176 g/mol. The highest BCUT2D eigenvalue weighted by molar-refractivity contribution is 5.88. The van der Waals surface area contributed by atoms with Gasteiger partial charge in [-0.1, -0.05) is 0 Å². The van der Waals surface area contributed by atoms with E-state index in [1.54, 1.807) is 0 Å². The lowest BCUT2D eigenvalue weighted by molar-refractivity contribution is -0.145. The van der Waals surface area contributed by atoms with E-state index in [0.29, 0.717) is 11.9 Å². The first-order chi connectivity index (χ1) is 6.80. The molecule has 3 saturated heterocycles. The highest BCUT2D eigenvalue weighted by Gasteiger charge is 2.53. The van der Waals surface area contributed by atoms with Crippen LogP contribution in [0.5, 0.6) is 0 Å². The Morgan fingerprint density at radius 2 is 2.00 bits per heavy atom. The van der Waals surface area contributed by atoms with Gasteiger partial charge in [0.1, 0.15) is 0 Å². The number of amides is 1. The van der Waals surface area contributed by atoms with Gasteiger partial charge in [0.25, 0.3) is 0 Å². The summed E-state index contributed by atoms with van der Waals surface area (Å²) >= 11 is 0. The minimum Gasteiger partial charge on any atom is -0.341 e. The molecule has 0 aromatic carbocycles. The number of nitrogens with zero attached hydrogens (tertiary/aromatic N) is 1. The third kappa shape index (κ3) is 1.11. The Kier molecular flexibility index (Phi) is 1.84. The third-order valence-electron chi connectivity index (χ3n) is 4.03. The molecule has 4 aliphatic rings. The first kappa shape index (κ1) is 8.72. The van der Waals surface area contributed by atoms with E-state index >= 15 is 0 Å². The maximum atomic E-state index is 12.2. The molecular formula is C11H18N2O. The quantitative estimate of drug-likeness (QED) is 0.672. The maximum Gasteiger partial charge on any atom is 0.242 e. The lowest BCUT2D eigenvalue weighted by atomic mass is 9.70. The van der Waals surface area contributed by atoms with Crippen LogP contribution < -0.4 is 5.32 Å². The van der Waals surface area contributed by atoms with Crippen molar-refractivity contribution in [2.45, 2.75) is 50.1 Å². The molecule has 14 heavy (non-hydrogen) atoms. The second-order valence-electron chi connectivity index (χ2n) is 5.02. The molecule has 0 spiro atoms. The van der Waals surface area contributed by atoms with Crippen molar-refractivity contribution >= 4 is 5.91 Å². The minimum atomic E-state index is -0.118. The van der Waals surface area contributed by atoms with Crippen LogP contribution in [0.3, 0.4) is 0 Å². The van der Waals surface area contributed by atoms with E-state index in [1.807, 2.05) is 0 Å².